The van der Waals surface area contributed by atoms with E-state index < -0.39 is 6.10 Å². The molecule has 0 radical (unpaired) electrons. The first-order valence-electron chi connectivity index (χ1n) is 6.35. The van der Waals surface area contributed by atoms with Crippen LogP contribution in [0.4, 0.5) is 0 Å². The van der Waals surface area contributed by atoms with Crippen LogP contribution in [0.25, 0.3) is 0 Å². The van der Waals surface area contributed by atoms with Gasteiger partial charge < -0.3 is 9.64 Å². The maximum absolute atomic E-state index is 12.1. The molecule has 1 aromatic carbocycles. The number of nitriles is 1. The molecular weight excluding hydrogens is 240 g/mol. The molecular formula is C15H20N2O2. The molecule has 0 aromatic heterocycles. The Morgan fingerprint density at radius 1 is 1.37 bits per heavy atom. The fourth-order valence-electron chi connectivity index (χ4n) is 1.64. The molecule has 0 saturated heterocycles. The number of hydrogen-bond donors (Lipinski definition) is 0. The zero-order chi connectivity index (χ0) is 14.3. The van der Waals surface area contributed by atoms with E-state index >= 15 is 0 Å². The summed E-state index contributed by atoms with van der Waals surface area (Å²) < 4.78 is 5.57. The molecule has 0 fully saturated rings. The molecule has 2 atom stereocenters. The van der Waals surface area contributed by atoms with E-state index in [-0.39, 0.29) is 11.9 Å². The molecule has 4 nitrogen and oxygen atoms in total. The highest BCUT2D eigenvalue weighted by atomic mass is 16.5. The fraction of sp³-hybridized carbons (Fsp3) is 0.467. The molecule has 0 aliphatic rings. The van der Waals surface area contributed by atoms with Gasteiger partial charge in [-0.15, -0.1) is 0 Å². The first-order valence-corrected chi connectivity index (χ1v) is 6.35. The number of nitrogens with zero attached hydrogens (tertiary/aromatic N) is 2. The summed E-state index contributed by atoms with van der Waals surface area (Å²) in [7, 11) is 1.70. The summed E-state index contributed by atoms with van der Waals surface area (Å²) in [4.78, 5) is 13.6. The molecule has 0 saturated carbocycles. The minimum Gasteiger partial charge on any atom is -0.364 e. The number of ether oxygens (including phenoxy) is 1. The first-order chi connectivity index (χ1) is 9.06. The lowest BCUT2D eigenvalue weighted by molar-refractivity contribution is -0.143. The molecule has 1 rings (SSSR count). The Balaban J connectivity index is 2.47. The van der Waals surface area contributed by atoms with E-state index in [2.05, 4.69) is 6.07 Å². The van der Waals surface area contributed by atoms with Gasteiger partial charge in [0.05, 0.1) is 19.1 Å². The van der Waals surface area contributed by atoms with Gasteiger partial charge in [0.1, 0.15) is 6.10 Å². The maximum atomic E-state index is 12.1. The molecule has 2 unspecified atom stereocenters. The second kappa shape index (κ2) is 7.55. The number of benzene rings is 1. The van der Waals surface area contributed by atoms with Gasteiger partial charge in [0.25, 0.3) is 5.91 Å². The van der Waals surface area contributed by atoms with Crippen molar-refractivity contribution >= 4 is 5.91 Å². The lowest BCUT2D eigenvalue weighted by atomic mass is 10.2. The summed E-state index contributed by atoms with van der Waals surface area (Å²) in [6.45, 7) is 4.00. The van der Waals surface area contributed by atoms with E-state index in [4.69, 9.17) is 10.00 Å². The molecule has 0 bridgehead atoms. The molecule has 102 valence electrons. The van der Waals surface area contributed by atoms with Crippen LogP contribution in [0.2, 0.25) is 0 Å². The summed E-state index contributed by atoms with van der Waals surface area (Å²) in [5.41, 5.74) is 1.04. The largest absolute Gasteiger partial charge is 0.364 e. The molecule has 0 spiro atoms. The Labute approximate surface area is 114 Å². The minimum absolute atomic E-state index is 0.0970. The van der Waals surface area contributed by atoms with E-state index in [1.54, 1.807) is 18.9 Å². The molecule has 0 aliphatic carbocycles. The van der Waals surface area contributed by atoms with Gasteiger partial charge in [0.2, 0.25) is 0 Å². The van der Waals surface area contributed by atoms with E-state index in [1.165, 1.54) is 0 Å². The van der Waals surface area contributed by atoms with Crippen LogP contribution < -0.4 is 0 Å². The molecule has 0 heterocycles. The van der Waals surface area contributed by atoms with Crippen molar-refractivity contribution in [3.8, 4) is 6.07 Å². The lowest BCUT2D eigenvalue weighted by Gasteiger charge is -2.26. The Kier molecular flexibility index (Phi) is 6.04. The highest BCUT2D eigenvalue weighted by molar-refractivity contribution is 5.80. The molecule has 4 heteroatoms. The number of carbonyl (C=O) groups is 1. The Hall–Kier alpha value is -1.86. The van der Waals surface area contributed by atoms with Crippen LogP contribution in [-0.2, 0) is 16.1 Å². The molecule has 19 heavy (non-hydrogen) atoms. The summed E-state index contributed by atoms with van der Waals surface area (Å²) in [5.74, 6) is -0.0984. The van der Waals surface area contributed by atoms with Crippen LogP contribution in [0.1, 0.15) is 25.8 Å². The van der Waals surface area contributed by atoms with Gasteiger partial charge in [0, 0.05) is 13.1 Å². The second-order valence-corrected chi connectivity index (χ2v) is 4.60. The average Bonchev–Trinajstić information content (AvgIpc) is 2.44. The topological polar surface area (TPSA) is 53.3 Å². The predicted octanol–water partition coefficient (Wildman–Crippen LogP) is 2.35. The number of likely N-dealkylation sites (N-methyl/N-ethyl adjacent to an activating group) is 1. The normalized spacial score (nSPS) is 13.4. The lowest BCUT2D eigenvalue weighted by Crippen LogP contribution is -2.41. The van der Waals surface area contributed by atoms with E-state index in [0.29, 0.717) is 13.0 Å². The van der Waals surface area contributed by atoms with E-state index in [0.717, 1.165) is 5.56 Å². The van der Waals surface area contributed by atoms with Crippen molar-refractivity contribution in [2.75, 3.05) is 7.05 Å². The Bertz CT molecular complexity index is 439. The summed E-state index contributed by atoms with van der Waals surface area (Å²) >= 11 is 0. The monoisotopic (exact) mass is 260 g/mol. The summed E-state index contributed by atoms with van der Waals surface area (Å²) in [5, 5.41) is 8.64. The van der Waals surface area contributed by atoms with Crippen LogP contribution in [0.5, 0.6) is 0 Å². The van der Waals surface area contributed by atoms with Crippen LogP contribution in [-0.4, -0.2) is 30.0 Å². The van der Waals surface area contributed by atoms with Gasteiger partial charge in [-0.05, 0) is 19.4 Å². The third-order valence-corrected chi connectivity index (χ3v) is 3.09. The van der Waals surface area contributed by atoms with Crippen molar-refractivity contribution in [1.29, 1.82) is 5.26 Å². The van der Waals surface area contributed by atoms with Gasteiger partial charge in [0.15, 0.2) is 0 Å². The zero-order valence-electron chi connectivity index (χ0n) is 11.7. The van der Waals surface area contributed by atoms with Crippen molar-refractivity contribution in [2.45, 2.75) is 39.0 Å². The quantitative estimate of drug-likeness (QED) is 0.789. The fourth-order valence-corrected chi connectivity index (χ4v) is 1.64. The summed E-state index contributed by atoms with van der Waals surface area (Å²) in [6, 6.07) is 11.7. The standard InChI is InChI=1S/C15H20N2O2/c1-12(9-10-16)17(3)15(18)13(2)19-11-14-7-5-4-6-8-14/h4-8,12-13H,9,11H2,1-3H3. The van der Waals surface area contributed by atoms with Gasteiger partial charge >= 0.3 is 0 Å². The third-order valence-electron chi connectivity index (χ3n) is 3.09. The van der Waals surface area contributed by atoms with Gasteiger partial charge in [-0.3, -0.25) is 4.79 Å². The highest BCUT2D eigenvalue weighted by Crippen LogP contribution is 2.08. The van der Waals surface area contributed by atoms with E-state index in [1.807, 2.05) is 37.3 Å². The van der Waals surface area contributed by atoms with Gasteiger partial charge in [-0.1, -0.05) is 30.3 Å². The van der Waals surface area contributed by atoms with Crippen molar-refractivity contribution in [1.82, 2.24) is 4.90 Å². The van der Waals surface area contributed by atoms with Crippen molar-refractivity contribution in [2.24, 2.45) is 0 Å². The van der Waals surface area contributed by atoms with Crippen LogP contribution in [0, 0.1) is 11.3 Å². The highest BCUT2D eigenvalue weighted by Gasteiger charge is 2.21. The zero-order valence-corrected chi connectivity index (χ0v) is 11.7. The summed E-state index contributed by atoms with van der Waals surface area (Å²) in [6.07, 6.45) is -0.181. The van der Waals surface area contributed by atoms with Crippen molar-refractivity contribution < 1.29 is 9.53 Å². The predicted molar refractivity (Wildman–Crippen MR) is 73.2 cm³/mol. The average molecular weight is 260 g/mol. The van der Waals surface area contributed by atoms with Crippen LogP contribution in [0.15, 0.2) is 30.3 Å². The Morgan fingerprint density at radius 2 is 2.00 bits per heavy atom. The smallest absolute Gasteiger partial charge is 0.251 e. The Morgan fingerprint density at radius 3 is 2.58 bits per heavy atom. The van der Waals surface area contributed by atoms with Crippen molar-refractivity contribution in [3.63, 3.8) is 0 Å². The van der Waals surface area contributed by atoms with Crippen LogP contribution in [0.3, 0.4) is 0 Å². The SMILES string of the molecule is CC(OCc1ccccc1)C(=O)N(C)C(C)CC#N. The second-order valence-electron chi connectivity index (χ2n) is 4.60. The first kappa shape index (κ1) is 15.2. The van der Waals surface area contributed by atoms with Gasteiger partial charge in [-0.25, -0.2) is 0 Å². The number of rotatable bonds is 6. The van der Waals surface area contributed by atoms with Gasteiger partial charge in [-0.2, -0.15) is 5.26 Å². The number of hydrogen-bond acceptors (Lipinski definition) is 3. The molecule has 0 aliphatic heterocycles. The third kappa shape index (κ3) is 4.72. The molecule has 1 aromatic rings. The van der Waals surface area contributed by atoms with Crippen molar-refractivity contribution in [3.05, 3.63) is 35.9 Å². The van der Waals surface area contributed by atoms with E-state index in [9.17, 15) is 4.79 Å². The molecule has 1 amide bonds. The van der Waals surface area contributed by atoms with Crippen LogP contribution >= 0.6 is 0 Å². The molecule has 0 N–H and O–H groups in total. The number of carbonyl (C=O) groups excluding carboxylic acids is 1. The maximum Gasteiger partial charge on any atom is 0.251 e. The minimum atomic E-state index is -0.508. The number of amides is 1.